The van der Waals surface area contributed by atoms with E-state index in [1.54, 1.807) is 43.6 Å². The van der Waals surface area contributed by atoms with Gasteiger partial charge in [-0.3, -0.25) is 14.7 Å². The Morgan fingerprint density at radius 1 is 1.05 bits per heavy atom. The Kier molecular flexibility index (Phi) is 5.55. The van der Waals surface area contributed by atoms with Crippen LogP contribution in [-0.4, -0.2) is 64.7 Å². The summed E-state index contributed by atoms with van der Waals surface area (Å²) < 4.78 is 17.3. The van der Waals surface area contributed by atoms with Crippen LogP contribution in [0.2, 0.25) is 0 Å². The van der Waals surface area contributed by atoms with Crippen molar-refractivity contribution in [3.05, 3.63) is 66.1 Å². The minimum Gasteiger partial charge on any atom is -0.497 e. The Balaban J connectivity index is 1.19. The van der Waals surface area contributed by atoms with Crippen molar-refractivity contribution in [1.82, 2.24) is 20.1 Å². The van der Waals surface area contributed by atoms with Crippen molar-refractivity contribution in [1.29, 1.82) is 0 Å². The van der Waals surface area contributed by atoms with Crippen LogP contribution in [0, 0.1) is 0 Å². The molecular formula is C28H26N4O5. The number of ketones is 1. The minimum atomic E-state index is -0.608. The highest BCUT2D eigenvalue weighted by molar-refractivity contribution is 6.01. The second-order valence-corrected chi connectivity index (χ2v) is 9.47. The van der Waals surface area contributed by atoms with E-state index in [4.69, 9.17) is 14.2 Å². The molecule has 0 atom stereocenters. The normalized spacial score (nSPS) is 16.4. The van der Waals surface area contributed by atoms with Gasteiger partial charge in [0.2, 0.25) is 0 Å². The number of carbonyl (C=O) groups excluding carboxylic acids is 2. The maximum Gasteiger partial charge on any atom is 0.272 e. The molecule has 1 fully saturated rings. The first-order chi connectivity index (χ1) is 18.0. The van der Waals surface area contributed by atoms with Gasteiger partial charge in [-0.25, -0.2) is 4.98 Å². The van der Waals surface area contributed by atoms with Crippen LogP contribution in [0.15, 0.2) is 54.9 Å². The van der Waals surface area contributed by atoms with Crippen molar-refractivity contribution < 1.29 is 23.8 Å². The zero-order valence-corrected chi connectivity index (χ0v) is 20.6. The molecule has 1 saturated heterocycles. The fraction of sp³-hybridized carbons (Fsp3) is 0.286. The van der Waals surface area contributed by atoms with Crippen LogP contribution in [0.4, 0.5) is 0 Å². The van der Waals surface area contributed by atoms with E-state index in [1.165, 1.54) is 0 Å². The fourth-order valence-corrected chi connectivity index (χ4v) is 5.22. The fourth-order valence-electron chi connectivity index (χ4n) is 5.22. The van der Waals surface area contributed by atoms with Gasteiger partial charge in [0.1, 0.15) is 28.5 Å². The smallest absolute Gasteiger partial charge is 0.272 e. The number of hydrogen-bond donors (Lipinski definition) is 1. The largest absolute Gasteiger partial charge is 0.497 e. The minimum absolute atomic E-state index is 0.0581. The monoisotopic (exact) mass is 498 g/mol. The van der Waals surface area contributed by atoms with Crippen molar-refractivity contribution in [2.24, 2.45) is 0 Å². The molecule has 2 aliphatic rings. The molecule has 0 unspecified atom stereocenters. The zero-order valence-electron chi connectivity index (χ0n) is 20.6. The van der Waals surface area contributed by atoms with E-state index in [1.807, 2.05) is 30.3 Å². The number of rotatable bonds is 4. The topological polar surface area (TPSA) is 107 Å². The number of amides is 1. The predicted molar refractivity (Wildman–Crippen MR) is 136 cm³/mol. The summed E-state index contributed by atoms with van der Waals surface area (Å²) in [5, 5.41) is 7.56. The first-order valence-electron chi connectivity index (χ1n) is 12.2. The first kappa shape index (κ1) is 23.0. The molecule has 6 rings (SSSR count). The number of aromatic amines is 1. The van der Waals surface area contributed by atoms with Crippen LogP contribution in [-0.2, 0) is 0 Å². The third-order valence-electron chi connectivity index (χ3n) is 7.30. The molecule has 4 aromatic rings. The number of methoxy groups -OCH3 is 2. The molecule has 2 aliphatic heterocycles. The standard InChI is InChI=1S/C28H26N4O5/c1-35-19-4-5-22-20(12-19)26(36-2)13-23(31-22)27(34)32-9-7-28(8-10-32)14-24(33)21-11-17(3-6-25(21)37-28)18-15-29-30-16-18/h3-6,11-13,15-16H,7-10,14H2,1-2H3,(H,29,30). The average molecular weight is 499 g/mol. The summed E-state index contributed by atoms with van der Waals surface area (Å²) in [7, 11) is 3.17. The van der Waals surface area contributed by atoms with Gasteiger partial charge in [-0.2, -0.15) is 5.10 Å². The average Bonchev–Trinajstić information content (AvgIpc) is 3.47. The summed E-state index contributed by atoms with van der Waals surface area (Å²) in [6, 6.07) is 12.8. The number of aromatic nitrogens is 3. The quantitative estimate of drug-likeness (QED) is 0.448. The van der Waals surface area contributed by atoms with Gasteiger partial charge in [0.25, 0.3) is 5.91 Å². The van der Waals surface area contributed by atoms with Gasteiger partial charge < -0.3 is 19.1 Å². The number of H-pyrrole nitrogens is 1. The highest BCUT2D eigenvalue weighted by Crippen LogP contribution is 2.41. The van der Waals surface area contributed by atoms with E-state index in [-0.39, 0.29) is 11.7 Å². The zero-order chi connectivity index (χ0) is 25.6. The molecule has 37 heavy (non-hydrogen) atoms. The number of fused-ring (bicyclic) bond motifs is 2. The van der Waals surface area contributed by atoms with E-state index in [0.717, 1.165) is 16.5 Å². The van der Waals surface area contributed by atoms with Crippen LogP contribution in [0.25, 0.3) is 22.0 Å². The van der Waals surface area contributed by atoms with E-state index < -0.39 is 5.60 Å². The van der Waals surface area contributed by atoms with Crippen LogP contribution in [0.5, 0.6) is 17.2 Å². The molecular weight excluding hydrogens is 472 g/mol. The van der Waals surface area contributed by atoms with Gasteiger partial charge in [-0.15, -0.1) is 0 Å². The number of hydrogen-bond acceptors (Lipinski definition) is 7. The highest BCUT2D eigenvalue weighted by Gasteiger charge is 2.44. The van der Waals surface area contributed by atoms with Crippen LogP contribution in [0.1, 0.15) is 40.1 Å². The predicted octanol–water partition coefficient (Wildman–Crippen LogP) is 4.28. The number of carbonyl (C=O) groups is 2. The number of piperidine rings is 1. The van der Waals surface area contributed by atoms with Gasteiger partial charge in [-0.1, -0.05) is 6.07 Å². The van der Waals surface area contributed by atoms with Crippen LogP contribution in [0.3, 0.4) is 0 Å². The summed E-state index contributed by atoms with van der Waals surface area (Å²) in [6.07, 6.45) is 4.94. The lowest BCUT2D eigenvalue weighted by Crippen LogP contribution is -2.52. The van der Waals surface area contributed by atoms with Gasteiger partial charge in [0.15, 0.2) is 5.78 Å². The molecule has 0 radical (unpaired) electrons. The van der Waals surface area contributed by atoms with E-state index in [0.29, 0.717) is 66.4 Å². The van der Waals surface area contributed by atoms with Crippen LogP contribution < -0.4 is 14.2 Å². The number of benzene rings is 2. The Hall–Kier alpha value is -4.40. The van der Waals surface area contributed by atoms with Gasteiger partial charge in [0, 0.05) is 49.1 Å². The lowest BCUT2D eigenvalue weighted by Gasteiger charge is -2.44. The Bertz CT molecular complexity index is 1510. The van der Waals surface area contributed by atoms with Crippen molar-refractivity contribution in [3.8, 4) is 28.4 Å². The second-order valence-electron chi connectivity index (χ2n) is 9.47. The molecule has 0 aliphatic carbocycles. The molecule has 4 heterocycles. The van der Waals surface area contributed by atoms with Crippen LogP contribution >= 0.6 is 0 Å². The molecule has 188 valence electrons. The van der Waals surface area contributed by atoms with Crippen molar-refractivity contribution in [3.63, 3.8) is 0 Å². The summed E-state index contributed by atoms with van der Waals surface area (Å²) in [5.41, 5.74) is 2.79. The maximum atomic E-state index is 13.4. The highest BCUT2D eigenvalue weighted by atomic mass is 16.5. The van der Waals surface area contributed by atoms with Crippen molar-refractivity contribution in [2.45, 2.75) is 24.9 Å². The summed E-state index contributed by atoms with van der Waals surface area (Å²) in [4.78, 5) is 32.9. The third-order valence-corrected chi connectivity index (χ3v) is 7.30. The molecule has 1 spiro atoms. The number of Topliss-reactive ketones (excluding diaryl/α,β-unsaturated/α-hetero) is 1. The number of likely N-dealkylation sites (tertiary alicyclic amines) is 1. The first-order valence-corrected chi connectivity index (χ1v) is 12.2. The number of nitrogens with zero attached hydrogens (tertiary/aromatic N) is 3. The Morgan fingerprint density at radius 2 is 1.89 bits per heavy atom. The molecule has 2 aromatic heterocycles. The Labute approximate surface area is 213 Å². The molecule has 9 nitrogen and oxygen atoms in total. The number of ether oxygens (including phenoxy) is 3. The second kappa shape index (κ2) is 8.92. The summed E-state index contributed by atoms with van der Waals surface area (Å²) in [5.74, 6) is 1.74. The molecule has 1 N–H and O–H groups in total. The Morgan fingerprint density at radius 3 is 2.62 bits per heavy atom. The van der Waals surface area contributed by atoms with Gasteiger partial charge in [0.05, 0.1) is 37.9 Å². The number of pyridine rings is 1. The van der Waals surface area contributed by atoms with Crippen molar-refractivity contribution >= 4 is 22.6 Å². The molecule has 9 heteroatoms. The van der Waals surface area contributed by atoms with Gasteiger partial charge in [-0.05, 0) is 35.9 Å². The third kappa shape index (κ3) is 4.06. The number of nitrogens with one attached hydrogen (secondary N) is 1. The SMILES string of the molecule is COc1ccc2nc(C(=O)N3CCC4(CC3)CC(=O)c3cc(-c5cn[nH]c5)ccc3O4)cc(OC)c2c1. The lowest BCUT2D eigenvalue weighted by molar-refractivity contribution is -0.00583. The van der Waals surface area contributed by atoms with E-state index >= 15 is 0 Å². The summed E-state index contributed by atoms with van der Waals surface area (Å²) in [6.45, 7) is 0.943. The molecule has 2 aromatic carbocycles. The lowest BCUT2D eigenvalue weighted by atomic mass is 9.82. The molecule has 0 saturated carbocycles. The maximum absolute atomic E-state index is 13.4. The van der Waals surface area contributed by atoms with E-state index in [2.05, 4.69) is 15.2 Å². The molecule has 1 amide bonds. The van der Waals surface area contributed by atoms with E-state index in [9.17, 15) is 9.59 Å². The molecule has 0 bridgehead atoms. The van der Waals surface area contributed by atoms with Gasteiger partial charge >= 0.3 is 0 Å². The summed E-state index contributed by atoms with van der Waals surface area (Å²) >= 11 is 0. The van der Waals surface area contributed by atoms with Crippen molar-refractivity contribution in [2.75, 3.05) is 27.3 Å².